The second kappa shape index (κ2) is 6.49. The van der Waals surface area contributed by atoms with Gasteiger partial charge in [-0.05, 0) is 18.1 Å². The highest BCUT2D eigenvalue weighted by atomic mass is 35.5. The predicted molar refractivity (Wildman–Crippen MR) is 71.3 cm³/mol. The largest absolute Gasteiger partial charge is 0.394 e. The Morgan fingerprint density at radius 1 is 1.53 bits per heavy atom. The summed E-state index contributed by atoms with van der Waals surface area (Å²) in [5, 5.41) is 22.5. The summed E-state index contributed by atoms with van der Waals surface area (Å²) >= 11 is 5.73. The van der Waals surface area contributed by atoms with Gasteiger partial charge in [0.15, 0.2) is 0 Å². The molecule has 0 aromatic heterocycles. The summed E-state index contributed by atoms with van der Waals surface area (Å²) in [7, 11) is 0. The zero-order chi connectivity index (χ0) is 14.6. The number of aliphatic hydroxyl groups is 1. The number of carbonyl (C=O) groups is 1. The highest BCUT2D eigenvalue weighted by Crippen LogP contribution is 2.28. The first-order valence-electron chi connectivity index (χ1n) is 5.73. The summed E-state index contributed by atoms with van der Waals surface area (Å²) in [6, 6.07) is 3.68. The van der Waals surface area contributed by atoms with Crippen LogP contribution in [0.2, 0.25) is 5.02 Å². The molecule has 104 valence electrons. The number of halogens is 1. The fourth-order valence-electron chi connectivity index (χ4n) is 1.55. The number of carbonyl (C=O) groups excluding carboxylic acids is 1. The number of hydrogen-bond acceptors (Lipinski definition) is 4. The molecule has 1 rings (SSSR count). The van der Waals surface area contributed by atoms with Crippen molar-refractivity contribution in [3.63, 3.8) is 0 Å². The molecular weight excluding hydrogens is 272 g/mol. The van der Waals surface area contributed by atoms with Crippen LogP contribution in [0, 0.1) is 16.0 Å². The maximum absolute atomic E-state index is 12.0. The molecular formula is C12H15ClN2O4. The van der Waals surface area contributed by atoms with Crippen molar-refractivity contribution in [2.75, 3.05) is 6.61 Å². The Hall–Kier alpha value is -1.66. The van der Waals surface area contributed by atoms with Gasteiger partial charge in [-0.2, -0.15) is 0 Å². The van der Waals surface area contributed by atoms with E-state index in [1.807, 2.05) is 13.8 Å². The van der Waals surface area contributed by atoms with E-state index in [-0.39, 0.29) is 23.1 Å². The van der Waals surface area contributed by atoms with Crippen LogP contribution in [-0.2, 0) is 0 Å². The van der Waals surface area contributed by atoms with Gasteiger partial charge in [-0.1, -0.05) is 31.5 Å². The standard InChI is InChI=1S/C12H15ClN2O4/c1-7(2)10(6-16)14-12(17)8-4-3-5-9(13)11(8)15(18)19/h3-5,7,10,16H,6H2,1-2H3,(H,14,17). The molecule has 1 aromatic carbocycles. The third-order valence-corrected chi connectivity index (χ3v) is 3.04. The minimum Gasteiger partial charge on any atom is -0.394 e. The molecule has 0 aliphatic heterocycles. The monoisotopic (exact) mass is 286 g/mol. The third-order valence-electron chi connectivity index (χ3n) is 2.73. The number of nitrogens with one attached hydrogen (secondary N) is 1. The molecule has 0 saturated carbocycles. The number of aliphatic hydroxyl groups excluding tert-OH is 1. The quantitative estimate of drug-likeness (QED) is 0.639. The normalized spacial score (nSPS) is 12.3. The van der Waals surface area contributed by atoms with Crippen LogP contribution in [0.4, 0.5) is 5.69 Å². The van der Waals surface area contributed by atoms with Crippen LogP contribution in [0.25, 0.3) is 0 Å². The molecule has 0 aliphatic rings. The average Bonchev–Trinajstić information content (AvgIpc) is 2.34. The zero-order valence-electron chi connectivity index (χ0n) is 10.6. The second-order valence-electron chi connectivity index (χ2n) is 4.40. The number of hydrogen-bond donors (Lipinski definition) is 2. The van der Waals surface area contributed by atoms with Gasteiger partial charge in [-0.3, -0.25) is 14.9 Å². The first-order valence-corrected chi connectivity index (χ1v) is 6.11. The van der Waals surface area contributed by atoms with Crippen molar-refractivity contribution in [2.45, 2.75) is 19.9 Å². The average molecular weight is 287 g/mol. The van der Waals surface area contributed by atoms with E-state index in [9.17, 15) is 14.9 Å². The smallest absolute Gasteiger partial charge is 0.300 e. The van der Waals surface area contributed by atoms with E-state index in [0.29, 0.717) is 0 Å². The Morgan fingerprint density at radius 2 is 2.16 bits per heavy atom. The fourth-order valence-corrected chi connectivity index (χ4v) is 1.80. The van der Waals surface area contributed by atoms with Gasteiger partial charge in [0.25, 0.3) is 5.91 Å². The fraction of sp³-hybridized carbons (Fsp3) is 0.417. The molecule has 1 atom stereocenters. The van der Waals surface area contributed by atoms with Gasteiger partial charge in [0.2, 0.25) is 0 Å². The molecule has 7 heteroatoms. The molecule has 1 unspecified atom stereocenters. The van der Waals surface area contributed by atoms with Crippen LogP contribution in [-0.4, -0.2) is 28.6 Å². The lowest BCUT2D eigenvalue weighted by molar-refractivity contribution is -0.385. The van der Waals surface area contributed by atoms with E-state index in [1.54, 1.807) is 0 Å². The molecule has 0 radical (unpaired) electrons. The number of nitrogens with zero attached hydrogens (tertiary/aromatic N) is 1. The second-order valence-corrected chi connectivity index (χ2v) is 4.81. The van der Waals surface area contributed by atoms with Gasteiger partial charge in [0.05, 0.1) is 17.6 Å². The molecule has 0 bridgehead atoms. The Balaban J connectivity index is 3.07. The summed E-state index contributed by atoms with van der Waals surface area (Å²) in [6.45, 7) is 3.42. The SMILES string of the molecule is CC(C)C(CO)NC(=O)c1cccc(Cl)c1[N+](=O)[O-]. The van der Waals surface area contributed by atoms with Crippen LogP contribution in [0.3, 0.4) is 0 Å². The van der Waals surface area contributed by atoms with E-state index in [0.717, 1.165) is 0 Å². The van der Waals surface area contributed by atoms with Crippen LogP contribution < -0.4 is 5.32 Å². The van der Waals surface area contributed by atoms with Crippen molar-refractivity contribution in [1.29, 1.82) is 0 Å². The van der Waals surface area contributed by atoms with Crippen LogP contribution in [0.15, 0.2) is 18.2 Å². The Labute approximate surface area is 115 Å². The number of nitro groups is 1. The van der Waals surface area contributed by atoms with Crippen LogP contribution in [0.5, 0.6) is 0 Å². The van der Waals surface area contributed by atoms with Gasteiger partial charge >= 0.3 is 5.69 Å². The molecule has 1 amide bonds. The van der Waals surface area contributed by atoms with E-state index in [4.69, 9.17) is 16.7 Å². The van der Waals surface area contributed by atoms with Crippen LogP contribution >= 0.6 is 11.6 Å². The molecule has 0 heterocycles. The highest BCUT2D eigenvalue weighted by molar-refractivity contribution is 6.33. The summed E-state index contributed by atoms with van der Waals surface area (Å²) in [4.78, 5) is 22.2. The first kappa shape index (κ1) is 15.4. The lowest BCUT2D eigenvalue weighted by atomic mass is 10.0. The van der Waals surface area contributed by atoms with Crippen molar-refractivity contribution in [3.8, 4) is 0 Å². The first-order chi connectivity index (χ1) is 8.88. The Bertz CT molecular complexity index is 491. The summed E-state index contributed by atoms with van der Waals surface area (Å²) < 4.78 is 0. The third kappa shape index (κ3) is 3.65. The molecule has 0 spiro atoms. The molecule has 0 fully saturated rings. The maximum Gasteiger partial charge on any atom is 0.300 e. The lowest BCUT2D eigenvalue weighted by Gasteiger charge is -2.19. The van der Waals surface area contributed by atoms with E-state index in [2.05, 4.69) is 5.32 Å². The summed E-state index contributed by atoms with van der Waals surface area (Å²) in [5.74, 6) is -0.617. The lowest BCUT2D eigenvalue weighted by Crippen LogP contribution is -2.41. The highest BCUT2D eigenvalue weighted by Gasteiger charge is 2.25. The molecule has 2 N–H and O–H groups in total. The molecule has 1 aromatic rings. The predicted octanol–water partition coefficient (Wildman–Crippen LogP) is 1.99. The molecule has 6 nitrogen and oxygen atoms in total. The number of nitro benzene ring substituents is 1. The van der Waals surface area contributed by atoms with Crippen molar-refractivity contribution in [2.24, 2.45) is 5.92 Å². The number of rotatable bonds is 5. The molecule has 0 aliphatic carbocycles. The zero-order valence-corrected chi connectivity index (χ0v) is 11.3. The number of para-hydroxylation sites is 1. The van der Waals surface area contributed by atoms with Gasteiger partial charge in [0.1, 0.15) is 10.6 Å². The summed E-state index contributed by atoms with van der Waals surface area (Å²) in [5.41, 5.74) is -0.543. The van der Waals surface area contributed by atoms with Gasteiger partial charge < -0.3 is 10.4 Å². The number of amides is 1. The van der Waals surface area contributed by atoms with Gasteiger partial charge in [0, 0.05) is 0 Å². The van der Waals surface area contributed by atoms with E-state index in [1.165, 1.54) is 18.2 Å². The minimum absolute atomic E-state index is 0.00666. The molecule has 0 saturated heterocycles. The van der Waals surface area contributed by atoms with Crippen LogP contribution in [0.1, 0.15) is 24.2 Å². The maximum atomic E-state index is 12.0. The molecule has 19 heavy (non-hydrogen) atoms. The van der Waals surface area contributed by atoms with Crippen molar-refractivity contribution >= 4 is 23.2 Å². The van der Waals surface area contributed by atoms with Gasteiger partial charge in [-0.25, -0.2) is 0 Å². The number of benzene rings is 1. The topological polar surface area (TPSA) is 92.5 Å². The van der Waals surface area contributed by atoms with Crippen molar-refractivity contribution in [3.05, 3.63) is 38.9 Å². The minimum atomic E-state index is -0.694. The summed E-state index contributed by atoms with van der Waals surface area (Å²) in [6.07, 6.45) is 0. The van der Waals surface area contributed by atoms with E-state index < -0.39 is 22.6 Å². The van der Waals surface area contributed by atoms with E-state index >= 15 is 0 Å². The Kier molecular flexibility index (Phi) is 5.26. The van der Waals surface area contributed by atoms with Crippen molar-refractivity contribution < 1.29 is 14.8 Å². The van der Waals surface area contributed by atoms with Gasteiger partial charge in [-0.15, -0.1) is 0 Å². The Morgan fingerprint density at radius 3 is 2.63 bits per heavy atom. The van der Waals surface area contributed by atoms with Crippen molar-refractivity contribution in [1.82, 2.24) is 5.32 Å².